The SMILES string of the molecule is CCCCCCCCCCCCCC/C=C\CCCCCCCCCC(O)C(=O)NC(COC1OC(CO)C(O)C(O)C1O)C(O)C(O)CCC/C=C/CCCCCCCCCCCCCCCCCC. The molecule has 1 aliphatic heterocycles. The first kappa shape index (κ1) is 67.6. The molecule has 1 amide bonds. The molecule has 9 atom stereocenters. The van der Waals surface area contributed by atoms with Crippen molar-refractivity contribution in [2.45, 2.75) is 339 Å². The fourth-order valence-corrected chi connectivity index (χ4v) is 9.79. The molecule has 420 valence electrons. The Morgan fingerprint density at radius 2 is 0.831 bits per heavy atom. The average molecular weight is 1010 g/mol. The summed E-state index contributed by atoms with van der Waals surface area (Å²) in [5.41, 5.74) is 0. The molecular weight excluding hydrogens is 895 g/mol. The van der Waals surface area contributed by atoms with E-state index < -0.39 is 74.2 Å². The summed E-state index contributed by atoms with van der Waals surface area (Å²) in [6.45, 7) is 3.48. The minimum absolute atomic E-state index is 0.251. The molecule has 0 spiro atoms. The number of ether oxygens (including phenoxy) is 2. The molecule has 71 heavy (non-hydrogen) atoms. The lowest BCUT2D eigenvalue weighted by molar-refractivity contribution is -0.303. The van der Waals surface area contributed by atoms with E-state index in [1.807, 2.05) is 0 Å². The number of nitrogens with one attached hydrogen (secondary N) is 1. The monoisotopic (exact) mass is 1010 g/mol. The number of aliphatic hydroxyl groups is 7. The van der Waals surface area contributed by atoms with Crippen molar-refractivity contribution in [3.8, 4) is 0 Å². The van der Waals surface area contributed by atoms with E-state index in [1.54, 1.807) is 0 Å². The Kier molecular flexibility index (Phi) is 47.1. The second-order valence-corrected chi connectivity index (χ2v) is 21.4. The number of carbonyl (C=O) groups excluding carboxylic acids is 1. The third kappa shape index (κ3) is 37.9. The van der Waals surface area contributed by atoms with Gasteiger partial charge in [-0.2, -0.15) is 0 Å². The van der Waals surface area contributed by atoms with Gasteiger partial charge in [0, 0.05) is 0 Å². The van der Waals surface area contributed by atoms with Crippen molar-refractivity contribution in [1.82, 2.24) is 5.32 Å². The molecule has 11 heteroatoms. The van der Waals surface area contributed by atoms with Crippen LogP contribution in [0.15, 0.2) is 24.3 Å². The van der Waals surface area contributed by atoms with E-state index in [-0.39, 0.29) is 12.8 Å². The Labute approximate surface area is 435 Å². The normalized spacial score (nSPS) is 20.3. The molecule has 1 rings (SSSR count). The van der Waals surface area contributed by atoms with Crippen LogP contribution >= 0.6 is 0 Å². The molecule has 0 saturated carbocycles. The maximum Gasteiger partial charge on any atom is 0.249 e. The number of hydrogen-bond donors (Lipinski definition) is 8. The molecule has 1 heterocycles. The van der Waals surface area contributed by atoms with Gasteiger partial charge in [-0.15, -0.1) is 0 Å². The third-order valence-electron chi connectivity index (χ3n) is 14.7. The van der Waals surface area contributed by atoms with Crippen molar-refractivity contribution in [3.63, 3.8) is 0 Å². The zero-order valence-corrected chi connectivity index (χ0v) is 46.0. The second-order valence-electron chi connectivity index (χ2n) is 21.4. The summed E-state index contributed by atoms with van der Waals surface area (Å²) in [5, 5.41) is 76.2. The predicted molar refractivity (Wildman–Crippen MR) is 293 cm³/mol. The molecule has 0 bridgehead atoms. The lowest BCUT2D eigenvalue weighted by Gasteiger charge is -2.40. The highest BCUT2D eigenvalue weighted by Crippen LogP contribution is 2.23. The highest BCUT2D eigenvalue weighted by molar-refractivity contribution is 5.80. The average Bonchev–Trinajstić information content (AvgIpc) is 3.37. The summed E-state index contributed by atoms with van der Waals surface area (Å²) in [4.78, 5) is 13.2. The lowest BCUT2D eigenvalue weighted by Crippen LogP contribution is -2.60. The standard InChI is InChI=1S/C60H115NO10/c1-3-5-7-9-11-13-15-17-19-21-23-25-26-28-30-32-34-36-38-40-42-44-46-48-53(64)59(69)61-51(50-70-60-58(68)57(67)56(66)54(49-62)71-60)55(65)52(63)47-45-43-41-39-37-35-33-31-29-27-24-22-20-18-16-14-12-10-8-6-4-2/h28,30,39,41,51-58,60,62-68H,3-27,29,31-38,40,42-50H2,1-2H3,(H,61,69)/b30-28-,41-39+. The fourth-order valence-electron chi connectivity index (χ4n) is 9.79. The van der Waals surface area contributed by atoms with Gasteiger partial charge in [0.2, 0.25) is 5.91 Å². The fraction of sp³-hybridized carbons (Fsp3) is 0.917. The van der Waals surface area contributed by atoms with E-state index in [2.05, 4.69) is 43.5 Å². The quantitative estimate of drug-likeness (QED) is 0.0215. The lowest BCUT2D eigenvalue weighted by atomic mass is 9.98. The Bertz CT molecular complexity index is 1200. The summed E-state index contributed by atoms with van der Waals surface area (Å²) in [7, 11) is 0. The Hall–Kier alpha value is -1.41. The predicted octanol–water partition coefficient (Wildman–Crippen LogP) is 12.9. The number of aliphatic hydroxyl groups excluding tert-OH is 7. The first-order valence-electron chi connectivity index (χ1n) is 30.2. The second kappa shape index (κ2) is 49.5. The summed E-state index contributed by atoms with van der Waals surface area (Å²) in [6, 6.07) is -1.19. The Balaban J connectivity index is 2.31. The molecule has 0 radical (unpaired) electrons. The molecule has 9 unspecified atom stereocenters. The maximum absolute atomic E-state index is 13.2. The molecular formula is C60H115NO10. The van der Waals surface area contributed by atoms with Crippen molar-refractivity contribution < 1.29 is 50.0 Å². The van der Waals surface area contributed by atoms with Gasteiger partial charge in [0.1, 0.15) is 36.6 Å². The van der Waals surface area contributed by atoms with E-state index in [1.165, 1.54) is 199 Å². The van der Waals surface area contributed by atoms with Crippen LogP contribution in [-0.2, 0) is 14.3 Å². The number of hydrogen-bond acceptors (Lipinski definition) is 10. The zero-order chi connectivity index (χ0) is 51.8. The largest absolute Gasteiger partial charge is 0.394 e. The van der Waals surface area contributed by atoms with Crippen molar-refractivity contribution >= 4 is 5.91 Å². The number of rotatable bonds is 52. The van der Waals surface area contributed by atoms with E-state index in [9.17, 15) is 40.5 Å². The van der Waals surface area contributed by atoms with Gasteiger partial charge in [0.25, 0.3) is 0 Å². The van der Waals surface area contributed by atoms with Crippen LogP contribution in [0.5, 0.6) is 0 Å². The van der Waals surface area contributed by atoms with Crippen molar-refractivity contribution in [2.24, 2.45) is 0 Å². The Morgan fingerprint density at radius 1 is 0.479 bits per heavy atom. The van der Waals surface area contributed by atoms with Gasteiger partial charge < -0.3 is 50.5 Å². The molecule has 0 aromatic heterocycles. The minimum Gasteiger partial charge on any atom is -0.394 e. The molecule has 0 aromatic rings. The van der Waals surface area contributed by atoms with Crippen molar-refractivity contribution in [1.29, 1.82) is 0 Å². The molecule has 0 aliphatic carbocycles. The van der Waals surface area contributed by atoms with E-state index in [4.69, 9.17) is 9.47 Å². The van der Waals surface area contributed by atoms with E-state index >= 15 is 0 Å². The van der Waals surface area contributed by atoms with Crippen LogP contribution in [-0.4, -0.2) is 110 Å². The molecule has 0 aromatic carbocycles. The zero-order valence-electron chi connectivity index (χ0n) is 46.0. The van der Waals surface area contributed by atoms with Crippen LogP contribution < -0.4 is 5.32 Å². The number of unbranched alkanes of at least 4 members (excludes halogenated alkanes) is 36. The smallest absolute Gasteiger partial charge is 0.249 e. The van der Waals surface area contributed by atoms with Gasteiger partial charge in [0.15, 0.2) is 6.29 Å². The third-order valence-corrected chi connectivity index (χ3v) is 14.7. The maximum atomic E-state index is 13.2. The minimum atomic E-state index is -1.67. The van der Waals surface area contributed by atoms with Crippen LogP contribution in [0.2, 0.25) is 0 Å². The molecule has 11 nitrogen and oxygen atoms in total. The van der Waals surface area contributed by atoms with Gasteiger partial charge in [-0.25, -0.2) is 0 Å². The van der Waals surface area contributed by atoms with Crippen LogP contribution in [0.4, 0.5) is 0 Å². The van der Waals surface area contributed by atoms with Gasteiger partial charge in [-0.05, 0) is 64.2 Å². The van der Waals surface area contributed by atoms with Crippen LogP contribution in [0, 0.1) is 0 Å². The molecule has 1 fully saturated rings. The van der Waals surface area contributed by atoms with E-state index in [0.717, 1.165) is 44.9 Å². The van der Waals surface area contributed by atoms with Gasteiger partial charge >= 0.3 is 0 Å². The highest BCUT2D eigenvalue weighted by atomic mass is 16.7. The van der Waals surface area contributed by atoms with Gasteiger partial charge in [0.05, 0.1) is 25.4 Å². The van der Waals surface area contributed by atoms with Gasteiger partial charge in [-0.3, -0.25) is 4.79 Å². The molecule has 1 saturated heterocycles. The number of carbonyl (C=O) groups is 1. The van der Waals surface area contributed by atoms with Crippen molar-refractivity contribution in [2.75, 3.05) is 13.2 Å². The topological polar surface area (TPSA) is 189 Å². The number of allylic oxidation sites excluding steroid dienone is 4. The molecule has 8 N–H and O–H groups in total. The number of amides is 1. The van der Waals surface area contributed by atoms with Crippen molar-refractivity contribution in [3.05, 3.63) is 24.3 Å². The van der Waals surface area contributed by atoms with Crippen LogP contribution in [0.3, 0.4) is 0 Å². The molecule has 1 aliphatic rings. The van der Waals surface area contributed by atoms with E-state index in [0.29, 0.717) is 12.8 Å². The highest BCUT2D eigenvalue weighted by Gasteiger charge is 2.44. The summed E-state index contributed by atoms with van der Waals surface area (Å²) in [5.74, 6) is -0.706. The summed E-state index contributed by atoms with van der Waals surface area (Å²) < 4.78 is 11.1. The van der Waals surface area contributed by atoms with Crippen LogP contribution in [0.25, 0.3) is 0 Å². The first-order valence-corrected chi connectivity index (χ1v) is 30.2. The first-order chi connectivity index (χ1) is 34.7. The van der Waals surface area contributed by atoms with Gasteiger partial charge in [-0.1, -0.05) is 244 Å². The summed E-state index contributed by atoms with van der Waals surface area (Å²) >= 11 is 0. The Morgan fingerprint density at radius 3 is 1.21 bits per heavy atom. The summed E-state index contributed by atoms with van der Waals surface area (Å²) in [6.07, 6.45) is 48.1. The van der Waals surface area contributed by atoms with Crippen LogP contribution in [0.1, 0.15) is 284 Å².